The normalized spacial score (nSPS) is 24.7. The molecule has 0 spiro atoms. The van der Waals surface area contributed by atoms with E-state index in [0.717, 1.165) is 12.5 Å². The van der Waals surface area contributed by atoms with Crippen molar-refractivity contribution in [1.29, 1.82) is 0 Å². The summed E-state index contributed by atoms with van der Waals surface area (Å²) < 4.78 is 0. The molecule has 2 heteroatoms. The van der Waals surface area contributed by atoms with Crippen LogP contribution in [0.15, 0.2) is 24.3 Å². The van der Waals surface area contributed by atoms with Crippen LogP contribution in [0.2, 0.25) is 0 Å². The molecule has 2 heterocycles. The van der Waals surface area contributed by atoms with E-state index in [0.29, 0.717) is 11.3 Å². The van der Waals surface area contributed by atoms with Crippen LogP contribution in [-0.2, 0) is 0 Å². The van der Waals surface area contributed by atoms with Gasteiger partial charge in [0.25, 0.3) is 0 Å². The molecule has 18 heavy (non-hydrogen) atoms. The highest BCUT2D eigenvalue weighted by molar-refractivity contribution is 5.58. The molecule has 1 aromatic carbocycles. The molecule has 1 aromatic rings. The summed E-state index contributed by atoms with van der Waals surface area (Å²) in [5.41, 5.74) is 3.27. The number of rotatable bonds is 2. The molecule has 0 radical (unpaired) electrons. The molecule has 0 aliphatic carbocycles. The molecule has 0 saturated carbocycles. The van der Waals surface area contributed by atoms with Gasteiger partial charge in [-0.3, -0.25) is 0 Å². The van der Waals surface area contributed by atoms with E-state index < -0.39 is 0 Å². The fourth-order valence-corrected chi connectivity index (χ4v) is 3.80. The Balaban J connectivity index is 1.86. The standard InChI is InChI=1S/C16H24N2/c1-16(2,12-7-9-17-10-8-12)14-11-18-15-6-4-3-5-13(14)15/h3-6,12,14,17-18H,7-11H2,1-2H3. The lowest BCUT2D eigenvalue weighted by Gasteiger charge is -2.41. The first kappa shape index (κ1) is 12.0. The fraction of sp³-hybridized carbons (Fsp3) is 0.625. The Morgan fingerprint density at radius 2 is 1.83 bits per heavy atom. The van der Waals surface area contributed by atoms with Crippen LogP contribution < -0.4 is 10.6 Å². The third-order valence-electron chi connectivity index (χ3n) is 5.12. The monoisotopic (exact) mass is 244 g/mol. The molecule has 0 bridgehead atoms. The maximum absolute atomic E-state index is 3.58. The van der Waals surface area contributed by atoms with Crippen LogP contribution in [-0.4, -0.2) is 19.6 Å². The number of hydrogen-bond acceptors (Lipinski definition) is 2. The van der Waals surface area contributed by atoms with Crippen LogP contribution >= 0.6 is 0 Å². The summed E-state index contributed by atoms with van der Waals surface area (Å²) in [4.78, 5) is 0. The van der Waals surface area contributed by atoms with Gasteiger partial charge in [0, 0.05) is 18.2 Å². The lowest BCUT2D eigenvalue weighted by Crippen LogP contribution is -2.39. The summed E-state index contributed by atoms with van der Waals surface area (Å²) in [7, 11) is 0. The molecule has 98 valence electrons. The van der Waals surface area contributed by atoms with E-state index in [4.69, 9.17) is 0 Å². The van der Waals surface area contributed by atoms with E-state index in [-0.39, 0.29) is 0 Å². The van der Waals surface area contributed by atoms with E-state index in [1.807, 2.05) is 0 Å². The lowest BCUT2D eigenvalue weighted by molar-refractivity contribution is 0.136. The number of benzene rings is 1. The number of piperidine rings is 1. The average molecular weight is 244 g/mol. The van der Waals surface area contributed by atoms with Gasteiger partial charge < -0.3 is 10.6 Å². The summed E-state index contributed by atoms with van der Waals surface area (Å²) in [6, 6.07) is 8.83. The Hall–Kier alpha value is -1.02. The lowest BCUT2D eigenvalue weighted by atomic mass is 9.65. The molecule has 0 aromatic heterocycles. The molecule has 1 saturated heterocycles. The average Bonchev–Trinajstić information content (AvgIpc) is 2.84. The Morgan fingerprint density at radius 1 is 1.11 bits per heavy atom. The van der Waals surface area contributed by atoms with Gasteiger partial charge in [-0.25, -0.2) is 0 Å². The number of anilines is 1. The summed E-state index contributed by atoms with van der Waals surface area (Å²) in [5, 5.41) is 7.06. The molecule has 1 unspecified atom stereocenters. The van der Waals surface area contributed by atoms with Crippen LogP contribution in [0.25, 0.3) is 0 Å². The van der Waals surface area contributed by atoms with Crippen LogP contribution in [0.4, 0.5) is 5.69 Å². The van der Waals surface area contributed by atoms with E-state index in [1.165, 1.54) is 37.2 Å². The van der Waals surface area contributed by atoms with Gasteiger partial charge in [-0.05, 0) is 48.9 Å². The van der Waals surface area contributed by atoms with Crippen molar-refractivity contribution in [3.8, 4) is 0 Å². The molecule has 2 nitrogen and oxygen atoms in total. The van der Waals surface area contributed by atoms with Crippen molar-refractivity contribution in [2.75, 3.05) is 25.0 Å². The Kier molecular flexibility index (Phi) is 3.06. The third-order valence-corrected chi connectivity index (χ3v) is 5.12. The van der Waals surface area contributed by atoms with Crippen LogP contribution in [0.5, 0.6) is 0 Å². The molecule has 0 amide bonds. The van der Waals surface area contributed by atoms with Gasteiger partial charge in [-0.1, -0.05) is 32.0 Å². The SMILES string of the molecule is CC(C)(C1CCNCC1)C1CNc2ccccc21. The zero-order valence-electron chi connectivity index (χ0n) is 11.5. The van der Waals surface area contributed by atoms with Crippen LogP contribution in [0.3, 0.4) is 0 Å². The quantitative estimate of drug-likeness (QED) is 0.834. The molecule has 2 N–H and O–H groups in total. The van der Waals surface area contributed by atoms with Gasteiger partial charge in [-0.15, -0.1) is 0 Å². The molecule has 3 rings (SSSR count). The predicted molar refractivity (Wildman–Crippen MR) is 77.0 cm³/mol. The van der Waals surface area contributed by atoms with Crippen molar-refractivity contribution >= 4 is 5.69 Å². The highest BCUT2D eigenvalue weighted by Gasteiger charge is 2.41. The number of hydrogen-bond donors (Lipinski definition) is 2. The van der Waals surface area contributed by atoms with Crippen molar-refractivity contribution < 1.29 is 0 Å². The molecular formula is C16H24N2. The summed E-state index contributed by atoms with van der Waals surface area (Å²) in [5.74, 6) is 1.51. The van der Waals surface area contributed by atoms with Gasteiger partial charge in [0.1, 0.15) is 0 Å². The number of fused-ring (bicyclic) bond motifs is 1. The van der Waals surface area contributed by atoms with Crippen LogP contribution in [0, 0.1) is 11.3 Å². The highest BCUT2D eigenvalue weighted by Crippen LogP contribution is 2.49. The second kappa shape index (κ2) is 4.58. The first-order chi connectivity index (χ1) is 8.69. The van der Waals surface area contributed by atoms with E-state index in [9.17, 15) is 0 Å². The number of nitrogens with one attached hydrogen (secondary N) is 2. The molecule has 1 fully saturated rings. The molecule has 2 aliphatic rings. The zero-order chi connectivity index (χ0) is 12.6. The fourth-order valence-electron chi connectivity index (χ4n) is 3.80. The van der Waals surface area contributed by atoms with E-state index in [1.54, 1.807) is 0 Å². The van der Waals surface area contributed by atoms with Crippen molar-refractivity contribution in [3.05, 3.63) is 29.8 Å². The second-order valence-electron chi connectivity index (χ2n) is 6.37. The van der Waals surface area contributed by atoms with Crippen LogP contribution in [0.1, 0.15) is 38.2 Å². The number of para-hydroxylation sites is 1. The van der Waals surface area contributed by atoms with E-state index in [2.05, 4.69) is 48.7 Å². The van der Waals surface area contributed by atoms with Crippen molar-refractivity contribution in [3.63, 3.8) is 0 Å². The topological polar surface area (TPSA) is 24.1 Å². The Labute approximate surface area is 110 Å². The maximum atomic E-state index is 3.58. The minimum atomic E-state index is 0.391. The Bertz CT molecular complexity index is 419. The van der Waals surface area contributed by atoms with Crippen molar-refractivity contribution in [2.45, 2.75) is 32.6 Å². The first-order valence-electron chi connectivity index (χ1n) is 7.23. The summed E-state index contributed by atoms with van der Waals surface area (Å²) >= 11 is 0. The molecular weight excluding hydrogens is 220 g/mol. The minimum absolute atomic E-state index is 0.391. The minimum Gasteiger partial charge on any atom is -0.384 e. The zero-order valence-corrected chi connectivity index (χ0v) is 11.5. The maximum Gasteiger partial charge on any atom is 0.0376 e. The smallest absolute Gasteiger partial charge is 0.0376 e. The van der Waals surface area contributed by atoms with Gasteiger partial charge in [0.05, 0.1) is 0 Å². The first-order valence-corrected chi connectivity index (χ1v) is 7.23. The Morgan fingerprint density at radius 3 is 2.61 bits per heavy atom. The molecule has 2 aliphatic heterocycles. The largest absolute Gasteiger partial charge is 0.384 e. The van der Waals surface area contributed by atoms with Gasteiger partial charge in [-0.2, -0.15) is 0 Å². The van der Waals surface area contributed by atoms with Gasteiger partial charge >= 0.3 is 0 Å². The predicted octanol–water partition coefficient (Wildman–Crippen LogP) is 3.22. The van der Waals surface area contributed by atoms with Gasteiger partial charge in [0.2, 0.25) is 0 Å². The van der Waals surface area contributed by atoms with E-state index >= 15 is 0 Å². The van der Waals surface area contributed by atoms with Crippen molar-refractivity contribution in [2.24, 2.45) is 11.3 Å². The third kappa shape index (κ3) is 1.93. The second-order valence-corrected chi connectivity index (χ2v) is 6.37. The van der Waals surface area contributed by atoms with Gasteiger partial charge in [0.15, 0.2) is 0 Å². The summed E-state index contributed by atoms with van der Waals surface area (Å²) in [6.07, 6.45) is 2.65. The highest BCUT2D eigenvalue weighted by atomic mass is 14.9. The summed E-state index contributed by atoms with van der Waals surface area (Å²) in [6.45, 7) is 8.43. The van der Waals surface area contributed by atoms with Crippen molar-refractivity contribution in [1.82, 2.24) is 5.32 Å². The molecule has 1 atom stereocenters.